The fourth-order valence-corrected chi connectivity index (χ4v) is 4.28. The summed E-state index contributed by atoms with van der Waals surface area (Å²) >= 11 is 0. The van der Waals surface area contributed by atoms with Gasteiger partial charge in [0.25, 0.3) is 15.7 Å². The highest BCUT2D eigenvalue weighted by atomic mass is 32.2. The smallest absolute Gasteiger partial charge is 0.279 e. The number of anilines is 2. The topological polar surface area (TPSA) is 114 Å². The maximum absolute atomic E-state index is 12.8. The highest BCUT2D eigenvalue weighted by molar-refractivity contribution is 7.92. The standard InChI is InChI=1S/C23H24N4O4S/c1-15-6-9-21(18(4)11-15)26-32(30,31)20-8-10-22(23(13-20)27(28)29)25-24-14-19-12-16(2)5-7-17(19)3/h5-14,25-26H,1-4H3. The first-order chi connectivity index (χ1) is 15.1. The lowest BCUT2D eigenvalue weighted by atomic mass is 10.1. The third-order valence-corrected chi connectivity index (χ3v) is 6.29. The van der Waals surface area contributed by atoms with Crippen LogP contribution >= 0.6 is 0 Å². The normalized spacial score (nSPS) is 11.5. The number of nitrogens with one attached hydrogen (secondary N) is 2. The van der Waals surface area contributed by atoms with Crippen molar-refractivity contribution in [2.24, 2.45) is 5.10 Å². The van der Waals surface area contributed by atoms with Crippen LogP contribution in [0.3, 0.4) is 0 Å². The number of nitrogens with zero attached hydrogens (tertiary/aromatic N) is 2. The molecule has 2 N–H and O–H groups in total. The molecular weight excluding hydrogens is 428 g/mol. The van der Waals surface area contributed by atoms with Crippen LogP contribution in [0.5, 0.6) is 0 Å². The summed E-state index contributed by atoms with van der Waals surface area (Å²) in [5, 5.41) is 15.7. The number of benzene rings is 3. The van der Waals surface area contributed by atoms with Gasteiger partial charge in [-0.15, -0.1) is 0 Å². The average Bonchev–Trinajstić information content (AvgIpc) is 2.72. The van der Waals surface area contributed by atoms with E-state index in [1.807, 2.05) is 45.0 Å². The molecule has 0 aliphatic carbocycles. The third-order valence-electron chi connectivity index (χ3n) is 4.93. The van der Waals surface area contributed by atoms with Crippen molar-refractivity contribution < 1.29 is 13.3 Å². The van der Waals surface area contributed by atoms with E-state index in [1.54, 1.807) is 25.3 Å². The summed E-state index contributed by atoms with van der Waals surface area (Å²) in [4.78, 5) is 10.7. The second-order valence-electron chi connectivity index (χ2n) is 7.59. The molecule has 0 aliphatic heterocycles. The van der Waals surface area contributed by atoms with Gasteiger partial charge in [0.15, 0.2) is 0 Å². The zero-order chi connectivity index (χ0) is 23.5. The van der Waals surface area contributed by atoms with E-state index in [1.165, 1.54) is 12.1 Å². The van der Waals surface area contributed by atoms with Gasteiger partial charge >= 0.3 is 0 Å². The number of aryl methyl sites for hydroxylation is 4. The largest absolute Gasteiger partial charge is 0.295 e. The number of rotatable bonds is 7. The number of hydrogen-bond acceptors (Lipinski definition) is 6. The maximum atomic E-state index is 12.8. The van der Waals surface area contributed by atoms with E-state index in [4.69, 9.17) is 0 Å². The number of nitro benzene ring substituents is 1. The highest BCUT2D eigenvalue weighted by Crippen LogP contribution is 2.29. The van der Waals surface area contributed by atoms with Gasteiger partial charge in [0, 0.05) is 6.07 Å². The van der Waals surface area contributed by atoms with Crippen LogP contribution in [0.25, 0.3) is 0 Å². The first kappa shape index (κ1) is 23.0. The van der Waals surface area contributed by atoms with Crippen LogP contribution in [0, 0.1) is 37.8 Å². The maximum Gasteiger partial charge on any atom is 0.295 e. The van der Waals surface area contributed by atoms with E-state index in [-0.39, 0.29) is 10.6 Å². The van der Waals surface area contributed by atoms with E-state index in [0.29, 0.717) is 5.69 Å². The molecule has 166 valence electrons. The molecule has 0 atom stereocenters. The minimum absolute atomic E-state index is 0.0852. The molecular formula is C23H24N4O4S. The lowest BCUT2D eigenvalue weighted by molar-refractivity contribution is -0.384. The van der Waals surface area contributed by atoms with Crippen molar-refractivity contribution in [1.82, 2.24) is 0 Å². The summed E-state index contributed by atoms with van der Waals surface area (Å²) in [6, 6.07) is 14.8. The van der Waals surface area contributed by atoms with Gasteiger partial charge in [0.05, 0.1) is 21.7 Å². The molecule has 3 rings (SSSR count). The predicted octanol–water partition coefficient (Wildman–Crippen LogP) is 5.08. The molecule has 0 fully saturated rings. The third kappa shape index (κ3) is 5.30. The van der Waals surface area contributed by atoms with E-state index >= 15 is 0 Å². The molecule has 0 unspecified atom stereocenters. The van der Waals surface area contributed by atoms with E-state index in [9.17, 15) is 18.5 Å². The molecule has 32 heavy (non-hydrogen) atoms. The number of sulfonamides is 1. The van der Waals surface area contributed by atoms with Gasteiger partial charge in [0.2, 0.25) is 0 Å². The van der Waals surface area contributed by atoms with E-state index in [0.717, 1.165) is 33.9 Å². The van der Waals surface area contributed by atoms with Crippen LogP contribution < -0.4 is 10.1 Å². The first-order valence-corrected chi connectivity index (χ1v) is 11.3. The number of hydrogen-bond donors (Lipinski definition) is 2. The van der Waals surface area contributed by atoms with Crippen LogP contribution in [0.2, 0.25) is 0 Å². The molecule has 0 aliphatic rings. The lowest BCUT2D eigenvalue weighted by Gasteiger charge is -2.12. The molecule has 9 heteroatoms. The Morgan fingerprint density at radius 3 is 2.22 bits per heavy atom. The molecule has 3 aromatic rings. The Bertz CT molecular complexity index is 1320. The van der Waals surface area contributed by atoms with Gasteiger partial charge in [0.1, 0.15) is 5.69 Å². The van der Waals surface area contributed by atoms with E-state index < -0.39 is 20.6 Å². The zero-order valence-electron chi connectivity index (χ0n) is 18.2. The van der Waals surface area contributed by atoms with Gasteiger partial charge < -0.3 is 0 Å². The summed E-state index contributed by atoms with van der Waals surface area (Å²) in [6.07, 6.45) is 1.57. The van der Waals surface area contributed by atoms with Gasteiger partial charge in [-0.3, -0.25) is 20.3 Å². The van der Waals surface area contributed by atoms with Crippen LogP contribution in [0.15, 0.2) is 64.6 Å². The molecule has 3 aromatic carbocycles. The van der Waals surface area contributed by atoms with Crippen molar-refractivity contribution in [2.45, 2.75) is 32.6 Å². The molecule has 0 spiro atoms. The molecule has 0 saturated carbocycles. The minimum Gasteiger partial charge on any atom is -0.279 e. The summed E-state index contributed by atoms with van der Waals surface area (Å²) < 4.78 is 28.1. The van der Waals surface area contributed by atoms with Crippen LogP contribution in [0.4, 0.5) is 17.1 Å². The van der Waals surface area contributed by atoms with E-state index in [2.05, 4.69) is 15.2 Å². The Labute approximate surface area is 187 Å². The second kappa shape index (κ2) is 9.19. The Kier molecular flexibility index (Phi) is 6.59. The van der Waals surface area contributed by atoms with Crippen LogP contribution in [-0.2, 0) is 10.0 Å². The Morgan fingerprint density at radius 2 is 1.53 bits per heavy atom. The number of nitro groups is 1. The summed E-state index contributed by atoms with van der Waals surface area (Å²) in [5.74, 6) is 0. The molecule has 0 amide bonds. The molecule has 0 bridgehead atoms. The lowest BCUT2D eigenvalue weighted by Crippen LogP contribution is -2.14. The first-order valence-electron chi connectivity index (χ1n) is 9.81. The van der Waals surface area contributed by atoms with Crippen molar-refractivity contribution in [2.75, 3.05) is 10.1 Å². The Hall–Kier alpha value is -3.72. The van der Waals surface area contributed by atoms with Crippen molar-refractivity contribution in [3.8, 4) is 0 Å². The molecule has 0 saturated heterocycles. The Morgan fingerprint density at radius 1 is 0.875 bits per heavy atom. The van der Waals surface area contributed by atoms with Crippen molar-refractivity contribution in [3.63, 3.8) is 0 Å². The molecule has 0 heterocycles. The van der Waals surface area contributed by atoms with Gasteiger partial charge in [-0.2, -0.15) is 5.10 Å². The zero-order valence-corrected chi connectivity index (χ0v) is 19.0. The monoisotopic (exact) mass is 452 g/mol. The van der Waals surface area contributed by atoms with Crippen molar-refractivity contribution in [3.05, 3.63) is 92.5 Å². The van der Waals surface area contributed by atoms with Crippen LogP contribution in [-0.4, -0.2) is 19.6 Å². The SMILES string of the molecule is Cc1ccc(NS(=O)(=O)c2ccc(NN=Cc3cc(C)ccc3C)c([N+](=O)[O-])c2)c(C)c1. The summed E-state index contributed by atoms with van der Waals surface area (Å²) in [6.45, 7) is 7.59. The second-order valence-corrected chi connectivity index (χ2v) is 9.27. The van der Waals surface area contributed by atoms with Gasteiger partial charge in [-0.25, -0.2) is 8.42 Å². The quantitative estimate of drug-likeness (QED) is 0.295. The van der Waals surface area contributed by atoms with Crippen molar-refractivity contribution in [1.29, 1.82) is 0 Å². The van der Waals surface area contributed by atoms with Gasteiger partial charge in [-0.1, -0.05) is 41.5 Å². The Balaban J connectivity index is 1.87. The van der Waals surface area contributed by atoms with Crippen molar-refractivity contribution >= 4 is 33.3 Å². The fourth-order valence-electron chi connectivity index (χ4n) is 3.13. The van der Waals surface area contributed by atoms with Crippen LogP contribution in [0.1, 0.15) is 27.8 Å². The van der Waals surface area contributed by atoms with Gasteiger partial charge in [-0.05, 0) is 62.6 Å². The summed E-state index contributed by atoms with van der Waals surface area (Å²) in [5.41, 5.74) is 7.44. The molecule has 8 nitrogen and oxygen atoms in total. The molecule has 0 aromatic heterocycles. The number of hydrazone groups is 1. The predicted molar refractivity (Wildman–Crippen MR) is 127 cm³/mol. The average molecular weight is 453 g/mol. The highest BCUT2D eigenvalue weighted by Gasteiger charge is 2.22. The summed E-state index contributed by atoms with van der Waals surface area (Å²) in [7, 11) is -4.02. The molecule has 0 radical (unpaired) electrons. The minimum atomic E-state index is -4.02. The fraction of sp³-hybridized carbons (Fsp3) is 0.174.